The zero-order valence-corrected chi connectivity index (χ0v) is 16.1. The predicted octanol–water partition coefficient (Wildman–Crippen LogP) is 3.33. The van der Waals surface area contributed by atoms with Crippen molar-refractivity contribution >= 4 is 29.3 Å². The predicted molar refractivity (Wildman–Crippen MR) is 107 cm³/mol. The van der Waals surface area contributed by atoms with Crippen molar-refractivity contribution in [2.45, 2.75) is 12.7 Å². The van der Waals surface area contributed by atoms with E-state index in [9.17, 15) is 9.59 Å². The third-order valence-corrected chi connectivity index (χ3v) is 4.63. The number of ether oxygens (including phenoxy) is 1. The minimum absolute atomic E-state index is 0.00560. The Labute approximate surface area is 158 Å². The summed E-state index contributed by atoms with van der Waals surface area (Å²) >= 11 is 1.58. The molecule has 138 valence electrons. The Morgan fingerprint density at radius 3 is 2.31 bits per heavy atom. The number of hydrogen-bond donors (Lipinski definition) is 1. The van der Waals surface area contributed by atoms with E-state index in [0.717, 1.165) is 5.75 Å². The zero-order valence-electron chi connectivity index (χ0n) is 15.3. The molecule has 0 unspecified atom stereocenters. The fourth-order valence-corrected chi connectivity index (χ4v) is 2.84. The summed E-state index contributed by atoms with van der Waals surface area (Å²) in [4.78, 5) is 25.0. The van der Waals surface area contributed by atoms with Gasteiger partial charge in [-0.25, -0.2) is 0 Å². The molecule has 0 radical (unpaired) electrons. The van der Waals surface area contributed by atoms with Crippen LogP contribution >= 0.6 is 11.8 Å². The molecule has 2 amide bonds. The Morgan fingerprint density at radius 2 is 1.69 bits per heavy atom. The van der Waals surface area contributed by atoms with Crippen LogP contribution in [0.25, 0.3) is 0 Å². The number of aryl methyl sites for hydroxylation is 1. The quantitative estimate of drug-likeness (QED) is 0.772. The SMILES string of the molecule is Cc1ccc(CSCC(=O)Nc2ccc(OCC(=O)N(C)C)cc2)cc1. The molecule has 0 aliphatic heterocycles. The molecule has 1 N–H and O–H groups in total. The number of carbonyl (C=O) groups is 2. The zero-order chi connectivity index (χ0) is 18.9. The van der Waals surface area contributed by atoms with Gasteiger partial charge in [-0.05, 0) is 36.8 Å². The lowest BCUT2D eigenvalue weighted by atomic mass is 10.2. The highest BCUT2D eigenvalue weighted by atomic mass is 32.2. The van der Waals surface area contributed by atoms with E-state index in [4.69, 9.17) is 4.74 Å². The van der Waals surface area contributed by atoms with E-state index < -0.39 is 0 Å². The van der Waals surface area contributed by atoms with Gasteiger partial charge in [0, 0.05) is 25.5 Å². The monoisotopic (exact) mass is 372 g/mol. The van der Waals surface area contributed by atoms with Crippen LogP contribution in [0.4, 0.5) is 5.69 Å². The third-order valence-electron chi connectivity index (χ3n) is 3.62. The number of amides is 2. The minimum atomic E-state index is -0.104. The fraction of sp³-hybridized carbons (Fsp3) is 0.300. The number of likely N-dealkylation sites (N-methyl/N-ethyl adjacent to an activating group) is 1. The molecule has 0 aromatic heterocycles. The standard InChI is InChI=1S/C20H24N2O3S/c1-15-4-6-16(7-5-15)13-26-14-19(23)21-17-8-10-18(11-9-17)25-12-20(24)22(2)3/h4-11H,12-14H2,1-3H3,(H,21,23). The molecular weight excluding hydrogens is 348 g/mol. The summed E-state index contributed by atoms with van der Waals surface area (Å²) in [6.07, 6.45) is 0. The Hall–Kier alpha value is -2.47. The van der Waals surface area contributed by atoms with Gasteiger partial charge in [0.2, 0.25) is 5.91 Å². The smallest absolute Gasteiger partial charge is 0.259 e. The molecule has 0 fully saturated rings. The number of thioether (sulfide) groups is 1. The summed E-state index contributed by atoms with van der Waals surface area (Å²) in [6, 6.07) is 15.3. The van der Waals surface area contributed by atoms with Crippen molar-refractivity contribution in [3.05, 3.63) is 59.7 Å². The van der Waals surface area contributed by atoms with Crippen LogP contribution in [0.5, 0.6) is 5.75 Å². The third kappa shape index (κ3) is 6.80. The molecule has 5 nitrogen and oxygen atoms in total. The van der Waals surface area contributed by atoms with Crippen molar-refractivity contribution in [2.75, 3.05) is 31.8 Å². The molecule has 0 atom stereocenters. The van der Waals surface area contributed by atoms with E-state index in [-0.39, 0.29) is 18.4 Å². The average Bonchev–Trinajstić information content (AvgIpc) is 2.62. The summed E-state index contributed by atoms with van der Waals surface area (Å²) in [6.45, 7) is 2.05. The van der Waals surface area contributed by atoms with Gasteiger partial charge in [-0.1, -0.05) is 29.8 Å². The van der Waals surface area contributed by atoms with Gasteiger partial charge >= 0.3 is 0 Å². The molecule has 0 aliphatic carbocycles. The Morgan fingerprint density at radius 1 is 1.04 bits per heavy atom. The molecule has 2 aromatic carbocycles. The lowest BCUT2D eigenvalue weighted by Gasteiger charge is -2.11. The van der Waals surface area contributed by atoms with E-state index in [2.05, 4.69) is 36.5 Å². The summed E-state index contributed by atoms with van der Waals surface area (Å²) in [5.41, 5.74) is 3.15. The topological polar surface area (TPSA) is 58.6 Å². The van der Waals surface area contributed by atoms with Gasteiger partial charge in [-0.2, -0.15) is 0 Å². The van der Waals surface area contributed by atoms with Gasteiger partial charge in [0.1, 0.15) is 5.75 Å². The number of carbonyl (C=O) groups excluding carboxylic acids is 2. The highest BCUT2D eigenvalue weighted by molar-refractivity contribution is 7.99. The number of hydrogen-bond acceptors (Lipinski definition) is 4. The molecule has 2 aromatic rings. The molecule has 0 saturated carbocycles. The van der Waals surface area contributed by atoms with Gasteiger partial charge in [-0.3, -0.25) is 9.59 Å². The maximum atomic E-state index is 12.0. The largest absolute Gasteiger partial charge is 0.484 e. The van der Waals surface area contributed by atoms with Crippen LogP contribution in [-0.4, -0.2) is 43.2 Å². The van der Waals surface area contributed by atoms with Crippen LogP contribution in [-0.2, 0) is 15.3 Å². The molecule has 0 saturated heterocycles. The number of rotatable bonds is 8. The van der Waals surface area contributed by atoms with Gasteiger partial charge in [-0.15, -0.1) is 11.8 Å². The molecule has 0 heterocycles. The molecule has 0 aliphatic rings. The van der Waals surface area contributed by atoms with Gasteiger partial charge < -0.3 is 15.0 Å². The Kier molecular flexibility index (Phi) is 7.53. The number of anilines is 1. The van der Waals surface area contributed by atoms with Crippen molar-refractivity contribution in [3.63, 3.8) is 0 Å². The van der Waals surface area contributed by atoms with Crippen LogP contribution < -0.4 is 10.1 Å². The molecule has 0 bridgehead atoms. The lowest BCUT2D eigenvalue weighted by molar-refractivity contribution is -0.130. The van der Waals surface area contributed by atoms with Crippen molar-refractivity contribution in [2.24, 2.45) is 0 Å². The Bertz CT molecular complexity index is 728. The van der Waals surface area contributed by atoms with Crippen molar-refractivity contribution < 1.29 is 14.3 Å². The maximum Gasteiger partial charge on any atom is 0.259 e. The number of nitrogens with one attached hydrogen (secondary N) is 1. The Balaban J connectivity index is 1.73. The normalized spacial score (nSPS) is 10.3. The number of benzene rings is 2. The van der Waals surface area contributed by atoms with Gasteiger partial charge in [0.25, 0.3) is 5.91 Å². The summed E-state index contributed by atoms with van der Waals surface area (Å²) < 4.78 is 5.40. The van der Waals surface area contributed by atoms with Gasteiger partial charge in [0.15, 0.2) is 6.61 Å². The van der Waals surface area contributed by atoms with Crippen molar-refractivity contribution in [1.29, 1.82) is 0 Å². The van der Waals surface area contributed by atoms with Crippen LogP contribution in [0.15, 0.2) is 48.5 Å². The second kappa shape index (κ2) is 9.87. The maximum absolute atomic E-state index is 12.0. The van der Waals surface area contributed by atoms with E-state index in [1.54, 1.807) is 50.1 Å². The average molecular weight is 372 g/mol. The van der Waals surface area contributed by atoms with Crippen LogP contribution in [0.2, 0.25) is 0 Å². The van der Waals surface area contributed by atoms with Crippen LogP contribution in [0.3, 0.4) is 0 Å². The molecule has 0 spiro atoms. The van der Waals surface area contributed by atoms with E-state index in [0.29, 0.717) is 17.2 Å². The van der Waals surface area contributed by atoms with Gasteiger partial charge in [0.05, 0.1) is 5.75 Å². The first-order chi connectivity index (χ1) is 12.4. The fourth-order valence-electron chi connectivity index (χ4n) is 2.05. The second-order valence-corrected chi connectivity index (χ2v) is 7.11. The van der Waals surface area contributed by atoms with Crippen LogP contribution in [0.1, 0.15) is 11.1 Å². The summed E-state index contributed by atoms with van der Waals surface area (Å²) in [7, 11) is 3.36. The summed E-state index contributed by atoms with van der Waals surface area (Å²) in [5, 5.41) is 2.86. The highest BCUT2D eigenvalue weighted by Gasteiger charge is 2.06. The van der Waals surface area contributed by atoms with E-state index in [1.807, 2.05) is 0 Å². The molecule has 26 heavy (non-hydrogen) atoms. The molecule has 6 heteroatoms. The van der Waals surface area contributed by atoms with Crippen molar-refractivity contribution in [1.82, 2.24) is 4.90 Å². The first kappa shape index (κ1) is 19.8. The number of nitrogens with zero attached hydrogens (tertiary/aromatic N) is 1. The van der Waals surface area contributed by atoms with Crippen LogP contribution in [0, 0.1) is 6.92 Å². The minimum Gasteiger partial charge on any atom is -0.484 e. The first-order valence-corrected chi connectivity index (χ1v) is 9.45. The van der Waals surface area contributed by atoms with E-state index in [1.165, 1.54) is 16.0 Å². The summed E-state index contributed by atoms with van der Waals surface area (Å²) in [5.74, 6) is 1.64. The second-order valence-electron chi connectivity index (χ2n) is 6.13. The van der Waals surface area contributed by atoms with Crippen molar-refractivity contribution in [3.8, 4) is 5.75 Å². The lowest BCUT2D eigenvalue weighted by Crippen LogP contribution is -2.27. The first-order valence-electron chi connectivity index (χ1n) is 8.30. The molecular formula is C20H24N2O3S. The molecule has 2 rings (SSSR count). The highest BCUT2D eigenvalue weighted by Crippen LogP contribution is 2.17. The van der Waals surface area contributed by atoms with E-state index >= 15 is 0 Å².